The highest BCUT2D eigenvalue weighted by Gasteiger charge is 2.34. The van der Waals surface area contributed by atoms with Crippen molar-refractivity contribution in [1.29, 1.82) is 0 Å². The Morgan fingerprint density at radius 3 is 2.28 bits per heavy atom. The van der Waals surface area contributed by atoms with E-state index in [0.29, 0.717) is 30.8 Å². The highest BCUT2D eigenvalue weighted by Crippen LogP contribution is 2.29. The van der Waals surface area contributed by atoms with Crippen LogP contribution in [0.15, 0.2) is 41.3 Å². The molecule has 0 aliphatic carbocycles. The molecule has 1 N–H and O–H groups in total. The fraction of sp³-hybridized carbons (Fsp3) is 0.435. The largest absolute Gasteiger partial charge is 0.352 e. The molecule has 3 rings (SSSR count). The molecule has 0 radical (unpaired) electrons. The number of nitrogens with zero attached hydrogens (tertiary/aromatic N) is 1. The van der Waals surface area contributed by atoms with Crippen LogP contribution in [0.2, 0.25) is 0 Å². The molecule has 29 heavy (non-hydrogen) atoms. The number of carbonyl (C=O) groups is 1. The number of amides is 1. The zero-order chi connectivity index (χ0) is 21.2. The third-order valence-corrected chi connectivity index (χ3v) is 7.72. The number of carbonyl (C=O) groups excluding carboxylic acids is 1. The van der Waals surface area contributed by atoms with E-state index in [1.165, 1.54) is 9.87 Å². The predicted molar refractivity (Wildman–Crippen MR) is 115 cm³/mol. The molecule has 1 atom stereocenters. The first-order valence-electron chi connectivity index (χ1n) is 10.1. The molecule has 1 aliphatic rings. The van der Waals surface area contributed by atoms with Crippen molar-refractivity contribution in [3.05, 3.63) is 64.2 Å². The van der Waals surface area contributed by atoms with Gasteiger partial charge in [-0.3, -0.25) is 4.79 Å². The van der Waals surface area contributed by atoms with Gasteiger partial charge >= 0.3 is 0 Å². The number of benzene rings is 2. The fourth-order valence-corrected chi connectivity index (χ4v) is 6.05. The Bertz CT molecular complexity index is 974. The molecule has 0 unspecified atom stereocenters. The molecule has 1 heterocycles. The number of rotatable bonds is 5. The van der Waals surface area contributed by atoms with Crippen LogP contribution in [-0.2, 0) is 21.4 Å². The maximum atomic E-state index is 13.3. The quantitative estimate of drug-likeness (QED) is 0.812. The van der Waals surface area contributed by atoms with Gasteiger partial charge < -0.3 is 5.32 Å². The molecular weight excluding hydrogens is 384 g/mol. The maximum absolute atomic E-state index is 13.3. The lowest BCUT2D eigenvalue weighted by Gasteiger charge is -2.32. The zero-order valence-corrected chi connectivity index (χ0v) is 18.5. The van der Waals surface area contributed by atoms with Crippen LogP contribution in [0.25, 0.3) is 0 Å². The van der Waals surface area contributed by atoms with E-state index in [4.69, 9.17) is 0 Å². The molecule has 5 nitrogen and oxygen atoms in total. The topological polar surface area (TPSA) is 66.5 Å². The van der Waals surface area contributed by atoms with Gasteiger partial charge in [-0.25, -0.2) is 8.42 Å². The summed E-state index contributed by atoms with van der Waals surface area (Å²) in [6.07, 6.45) is 1.39. The fourth-order valence-electron chi connectivity index (χ4n) is 4.12. The first kappa shape index (κ1) is 21.5. The number of hydrogen-bond acceptors (Lipinski definition) is 3. The molecule has 0 aromatic heterocycles. The lowest BCUT2D eigenvalue weighted by Crippen LogP contribution is -2.45. The molecule has 2 aromatic rings. The summed E-state index contributed by atoms with van der Waals surface area (Å²) in [4.78, 5) is 13.1. The van der Waals surface area contributed by atoms with E-state index in [0.717, 1.165) is 22.3 Å². The highest BCUT2D eigenvalue weighted by atomic mass is 32.2. The molecule has 2 aromatic carbocycles. The lowest BCUT2D eigenvalue weighted by molar-refractivity contribution is -0.126. The second kappa shape index (κ2) is 8.67. The Hall–Kier alpha value is -2.18. The van der Waals surface area contributed by atoms with Gasteiger partial charge in [-0.05, 0) is 57.2 Å². The van der Waals surface area contributed by atoms with Crippen molar-refractivity contribution in [2.75, 3.05) is 13.1 Å². The van der Waals surface area contributed by atoms with Crippen molar-refractivity contribution in [2.45, 2.75) is 52.0 Å². The average molecular weight is 415 g/mol. The predicted octanol–water partition coefficient (Wildman–Crippen LogP) is 3.64. The van der Waals surface area contributed by atoms with Crippen LogP contribution in [0.4, 0.5) is 0 Å². The minimum absolute atomic E-state index is 0.0807. The van der Waals surface area contributed by atoms with Crippen LogP contribution >= 0.6 is 0 Å². The summed E-state index contributed by atoms with van der Waals surface area (Å²) in [6, 6.07) is 11.8. The van der Waals surface area contributed by atoms with Gasteiger partial charge in [-0.1, -0.05) is 47.5 Å². The van der Waals surface area contributed by atoms with E-state index in [1.54, 1.807) is 0 Å². The number of sulfonamides is 1. The summed E-state index contributed by atoms with van der Waals surface area (Å²) in [7, 11) is -3.63. The van der Waals surface area contributed by atoms with Crippen LogP contribution < -0.4 is 5.32 Å². The Labute approximate surface area is 174 Å². The Kier molecular flexibility index (Phi) is 6.44. The smallest absolute Gasteiger partial charge is 0.243 e. The molecule has 156 valence electrons. The number of nitrogens with one attached hydrogen (secondary N) is 1. The third-order valence-electron chi connectivity index (χ3n) is 5.54. The van der Waals surface area contributed by atoms with Crippen LogP contribution in [0, 0.1) is 33.6 Å². The van der Waals surface area contributed by atoms with Crippen LogP contribution in [0.3, 0.4) is 0 Å². The van der Waals surface area contributed by atoms with E-state index in [9.17, 15) is 13.2 Å². The van der Waals surface area contributed by atoms with Gasteiger partial charge in [0.1, 0.15) is 0 Å². The summed E-state index contributed by atoms with van der Waals surface area (Å²) >= 11 is 0. The summed E-state index contributed by atoms with van der Waals surface area (Å²) in [5, 5.41) is 2.97. The van der Waals surface area contributed by atoms with Crippen molar-refractivity contribution in [3.63, 3.8) is 0 Å². The van der Waals surface area contributed by atoms with Gasteiger partial charge in [0.05, 0.1) is 10.8 Å². The molecule has 6 heteroatoms. The molecular formula is C23H30N2O3S. The first-order chi connectivity index (χ1) is 13.7. The van der Waals surface area contributed by atoms with Crippen LogP contribution in [-0.4, -0.2) is 31.7 Å². The number of aryl methyl sites for hydroxylation is 4. The molecule has 0 spiro atoms. The molecule has 1 saturated heterocycles. The van der Waals surface area contributed by atoms with Crippen LogP contribution in [0.1, 0.15) is 40.7 Å². The maximum Gasteiger partial charge on any atom is 0.243 e. The molecule has 0 saturated carbocycles. The van der Waals surface area contributed by atoms with E-state index < -0.39 is 10.0 Å². The number of hydrogen-bond donors (Lipinski definition) is 1. The minimum atomic E-state index is -3.63. The van der Waals surface area contributed by atoms with Crippen molar-refractivity contribution in [2.24, 2.45) is 5.92 Å². The SMILES string of the molecule is Cc1ccc(CNC(=O)[C@H]2CCCN(S(=O)(=O)c3c(C)cc(C)cc3C)C2)cc1. The molecule has 1 fully saturated rings. The zero-order valence-electron chi connectivity index (χ0n) is 17.7. The van der Waals surface area contributed by atoms with Gasteiger partial charge in [0.25, 0.3) is 0 Å². The van der Waals surface area contributed by atoms with Crippen molar-refractivity contribution in [1.82, 2.24) is 9.62 Å². The third kappa shape index (κ3) is 4.87. The average Bonchev–Trinajstić information content (AvgIpc) is 2.66. The first-order valence-corrected chi connectivity index (χ1v) is 11.5. The van der Waals surface area contributed by atoms with Gasteiger partial charge in [0, 0.05) is 19.6 Å². The monoisotopic (exact) mass is 414 g/mol. The second-order valence-corrected chi connectivity index (χ2v) is 10.0. The van der Waals surface area contributed by atoms with Gasteiger partial charge in [-0.2, -0.15) is 4.31 Å². The second-order valence-electron chi connectivity index (χ2n) is 8.13. The van der Waals surface area contributed by atoms with E-state index in [2.05, 4.69) is 5.32 Å². The van der Waals surface area contributed by atoms with Gasteiger partial charge in [0.2, 0.25) is 15.9 Å². The molecule has 1 amide bonds. The minimum Gasteiger partial charge on any atom is -0.352 e. The summed E-state index contributed by atoms with van der Waals surface area (Å²) < 4.78 is 28.1. The van der Waals surface area contributed by atoms with E-state index >= 15 is 0 Å². The highest BCUT2D eigenvalue weighted by molar-refractivity contribution is 7.89. The Morgan fingerprint density at radius 1 is 1.03 bits per heavy atom. The van der Waals surface area contributed by atoms with Crippen molar-refractivity contribution >= 4 is 15.9 Å². The van der Waals surface area contributed by atoms with Crippen molar-refractivity contribution < 1.29 is 13.2 Å². The number of piperidine rings is 1. The van der Waals surface area contributed by atoms with E-state index in [-0.39, 0.29) is 18.4 Å². The summed E-state index contributed by atoms with van der Waals surface area (Å²) in [6.45, 7) is 8.80. The summed E-state index contributed by atoms with van der Waals surface area (Å²) in [5.41, 5.74) is 4.78. The van der Waals surface area contributed by atoms with Crippen LogP contribution in [0.5, 0.6) is 0 Å². The Morgan fingerprint density at radius 2 is 1.66 bits per heavy atom. The van der Waals surface area contributed by atoms with Crippen molar-refractivity contribution in [3.8, 4) is 0 Å². The summed E-state index contributed by atoms with van der Waals surface area (Å²) in [5.74, 6) is -0.405. The standard InChI is InChI=1S/C23H30N2O3S/c1-16-7-9-20(10-8-16)14-24-23(26)21-6-5-11-25(15-21)29(27,28)22-18(3)12-17(2)13-19(22)4/h7-10,12-13,21H,5-6,11,14-15H2,1-4H3,(H,24,26)/t21-/m0/s1. The lowest BCUT2D eigenvalue weighted by atomic mass is 9.98. The van der Waals surface area contributed by atoms with E-state index in [1.807, 2.05) is 64.1 Å². The van der Waals surface area contributed by atoms with Gasteiger partial charge in [0.15, 0.2) is 0 Å². The Balaban J connectivity index is 1.71. The molecule has 0 bridgehead atoms. The normalized spacial score (nSPS) is 17.9. The molecule has 1 aliphatic heterocycles. The van der Waals surface area contributed by atoms with Gasteiger partial charge in [-0.15, -0.1) is 0 Å².